The quantitative estimate of drug-likeness (QED) is 0.867. The molecule has 1 saturated heterocycles. The van der Waals surface area contributed by atoms with Gasteiger partial charge < -0.3 is 15.0 Å². The van der Waals surface area contributed by atoms with Gasteiger partial charge in [-0.1, -0.05) is 18.2 Å². The van der Waals surface area contributed by atoms with Crippen molar-refractivity contribution in [3.05, 3.63) is 54.9 Å². The Morgan fingerprint density at radius 2 is 1.92 bits per heavy atom. The van der Waals surface area contributed by atoms with Crippen molar-refractivity contribution in [3.63, 3.8) is 0 Å². The lowest BCUT2D eigenvalue weighted by molar-refractivity contribution is -0.135. The summed E-state index contributed by atoms with van der Waals surface area (Å²) in [6, 6.07) is 13.0. The number of likely N-dealkylation sites (tertiary alicyclic amines) is 1. The minimum Gasteiger partial charge on any atom is -0.493 e. The van der Waals surface area contributed by atoms with Crippen molar-refractivity contribution in [2.75, 3.05) is 25.0 Å². The maximum atomic E-state index is 12.4. The van der Waals surface area contributed by atoms with Crippen molar-refractivity contribution in [2.45, 2.75) is 19.3 Å². The molecule has 3 rings (SSSR count). The van der Waals surface area contributed by atoms with Gasteiger partial charge in [0.2, 0.25) is 11.8 Å². The van der Waals surface area contributed by atoms with Gasteiger partial charge in [-0.3, -0.25) is 14.6 Å². The second-order valence-electron chi connectivity index (χ2n) is 6.32. The van der Waals surface area contributed by atoms with Crippen molar-refractivity contribution in [2.24, 2.45) is 5.92 Å². The summed E-state index contributed by atoms with van der Waals surface area (Å²) in [6.07, 6.45) is 5.21. The highest BCUT2D eigenvalue weighted by molar-refractivity contribution is 5.93. The summed E-state index contributed by atoms with van der Waals surface area (Å²) in [5, 5.41) is 2.89. The second-order valence-corrected chi connectivity index (χ2v) is 6.32. The largest absolute Gasteiger partial charge is 0.493 e. The Bertz CT molecular complexity index is 722. The first-order valence-electron chi connectivity index (χ1n) is 8.89. The molecule has 6 heteroatoms. The molecule has 1 aliphatic heterocycles. The predicted molar refractivity (Wildman–Crippen MR) is 98.7 cm³/mol. The Kier molecular flexibility index (Phi) is 6.19. The van der Waals surface area contributed by atoms with Gasteiger partial charge in [0.1, 0.15) is 5.75 Å². The van der Waals surface area contributed by atoms with Gasteiger partial charge in [0.15, 0.2) is 0 Å². The summed E-state index contributed by atoms with van der Waals surface area (Å²) in [5.74, 6) is 0.557. The molecule has 2 amide bonds. The fourth-order valence-electron chi connectivity index (χ4n) is 3.03. The van der Waals surface area contributed by atoms with Crippen LogP contribution >= 0.6 is 0 Å². The molecular weight excluding hydrogens is 330 g/mol. The molecule has 2 heterocycles. The van der Waals surface area contributed by atoms with E-state index >= 15 is 0 Å². The second kappa shape index (κ2) is 8.99. The van der Waals surface area contributed by atoms with E-state index in [1.165, 1.54) is 0 Å². The SMILES string of the molecule is O=C(Nc1ccncc1)[C@H]1CCCN(C(=O)CCOc2ccccc2)C1. The number of nitrogens with zero attached hydrogens (tertiary/aromatic N) is 2. The number of piperidine rings is 1. The van der Waals surface area contributed by atoms with Crippen LogP contribution in [0.2, 0.25) is 0 Å². The Morgan fingerprint density at radius 1 is 1.15 bits per heavy atom. The number of para-hydroxylation sites is 1. The van der Waals surface area contributed by atoms with Crippen molar-refractivity contribution in [3.8, 4) is 5.75 Å². The molecule has 136 valence electrons. The fourth-order valence-corrected chi connectivity index (χ4v) is 3.03. The third-order valence-electron chi connectivity index (χ3n) is 4.42. The number of benzene rings is 1. The Labute approximate surface area is 153 Å². The summed E-state index contributed by atoms with van der Waals surface area (Å²) < 4.78 is 5.59. The summed E-state index contributed by atoms with van der Waals surface area (Å²) in [4.78, 5) is 30.6. The maximum Gasteiger partial charge on any atom is 0.229 e. The lowest BCUT2D eigenvalue weighted by atomic mass is 9.96. The van der Waals surface area contributed by atoms with E-state index in [1.807, 2.05) is 30.3 Å². The van der Waals surface area contributed by atoms with Crippen LogP contribution < -0.4 is 10.1 Å². The van der Waals surface area contributed by atoms with E-state index in [2.05, 4.69) is 10.3 Å². The molecule has 6 nitrogen and oxygen atoms in total. The highest BCUT2D eigenvalue weighted by atomic mass is 16.5. The number of pyridine rings is 1. The first kappa shape index (κ1) is 17.9. The molecule has 2 aromatic rings. The summed E-state index contributed by atoms with van der Waals surface area (Å²) in [6.45, 7) is 1.50. The molecule has 0 saturated carbocycles. The number of aromatic nitrogens is 1. The highest BCUT2D eigenvalue weighted by Gasteiger charge is 2.28. The predicted octanol–water partition coefficient (Wildman–Crippen LogP) is 2.73. The number of hydrogen-bond acceptors (Lipinski definition) is 4. The summed E-state index contributed by atoms with van der Waals surface area (Å²) in [7, 11) is 0. The van der Waals surface area contributed by atoms with Gasteiger partial charge in [0.25, 0.3) is 0 Å². The molecule has 0 unspecified atom stereocenters. The number of hydrogen-bond donors (Lipinski definition) is 1. The molecule has 1 atom stereocenters. The molecular formula is C20H23N3O3. The smallest absolute Gasteiger partial charge is 0.229 e. The number of rotatable bonds is 6. The van der Waals surface area contributed by atoms with E-state index in [4.69, 9.17) is 4.74 Å². The topological polar surface area (TPSA) is 71.5 Å². The molecule has 0 spiro atoms. The van der Waals surface area contributed by atoms with Gasteiger partial charge in [0.05, 0.1) is 18.9 Å². The van der Waals surface area contributed by atoms with E-state index in [9.17, 15) is 9.59 Å². The van der Waals surface area contributed by atoms with Crippen LogP contribution in [-0.2, 0) is 9.59 Å². The molecule has 1 aromatic heterocycles. The van der Waals surface area contributed by atoms with Crippen molar-refractivity contribution in [1.82, 2.24) is 9.88 Å². The van der Waals surface area contributed by atoms with Crippen molar-refractivity contribution in [1.29, 1.82) is 0 Å². The maximum absolute atomic E-state index is 12.4. The summed E-state index contributed by atoms with van der Waals surface area (Å²) >= 11 is 0. The molecule has 1 N–H and O–H groups in total. The highest BCUT2D eigenvalue weighted by Crippen LogP contribution is 2.19. The number of carbonyl (C=O) groups excluding carboxylic acids is 2. The molecule has 1 aromatic carbocycles. The van der Waals surface area contributed by atoms with Gasteiger partial charge in [0, 0.05) is 31.2 Å². The Morgan fingerprint density at radius 3 is 2.69 bits per heavy atom. The Balaban J connectivity index is 1.46. The van der Waals surface area contributed by atoms with Gasteiger partial charge in [-0.05, 0) is 37.1 Å². The van der Waals surface area contributed by atoms with Crippen LogP contribution in [0.5, 0.6) is 5.75 Å². The first-order valence-corrected chi connectivity index (χ1v) is 8.89. The average molecular weight is 353 g/mol. The van der Waals surface area contributed by atoms with E-state index in [0.29, 0.717) is 26.1 Å². The number of amides is 2. The van der Waals surface area contributed by atoms with Crippen LogP contribution in [0.15, 0.2) is 54.9 Å². The van der Waals surface area contributed by atoms with Crippen LogP contribution in [0.3, 0.4) is 0 Å². The minimum absolute atomic E-state index is 0.0299. The first-order chi connectivity index (χ1) is 12.7. The molecule has 0 aliphatic carbocycles. The molecule has 1 aliphatic rings. The van der Waals surface area contributed by atoms with Gasteiger partial charge >= 0.3 is 0 Å². The zero-order chi connectivity index (χ0) is 18.2. The Hall–Kier alpha value is -2.89. The molecule has 1 fully saturated rings. The lowest BCUT2D eigenvalue weighted by Gasteiger charge is -2.32. The monoisotopic (exact) mass is 353 g/mol. The van der Waals surface area contributed by atoms with Gasteiger partial charge in [-0.15, -0.1) is 0 Å². The number of nitrogens with one attached hydrogen (secondary N) is 1. The number of ether oxygens (including phenoxy) is 1. The van der Waals surface area contributed by atoms with E-state index in [0.717, 1.165) is 24.3 Å². The normalized spacial score (nSPS) is 16.8. The van der Waals surface area contributed by atoms with Crippen LogP contribution in [0.1, 0.15) is 19.3 Å². The minimum atomic E-state index is -0.184. The van der Waals surface area contributed by atoms with Gasteiger partial charge in [-0.2, -0.15) is 0 Å². The van der Waals surface area contributed by atoms with Crippen LogP contribution in [0.25, 0.3) is 0 Å². The number of carbonyl (C=O) groups is 2. The van der Waals surface area contributed by atoms with E-state index < -0.39 is 0 Å². The lowest BCUT2D eigenvalue weighted by Crippen LogP contribution is -2.44. The fraction of sp³-hybridized carbons (Fsp3) is 0.350. The van der Waals surface area contributed by atoms with E-state index in [-0.39, 0.29) is 17.7 Å². The molecule has 26 heavy (non-hydrogen) atoms. The molecule has 0 bridgehead atoms. The zero-order valence-electron chi connectivity index (χ0n) is 14.6. The van der Waals surface area contributed by atoms with Crippen molar-refractivity contribution < 1.29 is 14.3 Å². The van der Waals surface area contributed by atoms with Crippen LogP contribution in [0, 0.1) is 5.92 Å². The van der Waals surface area contributed by atoms with Crippen molar-refractivity contribution >= 4 is 17.5 Å². The summed E-state index contributed by atoms with van der Waals surface area (Å²) in [5.41, 5.74) is 0.727. The molecule has 0 radical (unpaired) electrons. The van der Waals surface area contributed by atoms with E-state index in [1.54, 1.807) is 29.4 Å². The van der Waals surface area contributed by atoms with Crippen LogP contribution in [-0.4, -0.2) is 41.4 Å². The number of anilines is 1. The third kappa shape index (κ3) is 5.05. The zero-order valence-corrected chi connectivity index (χ0v) is 14.6. The van der Waals surface area contributed by atoms with Crippen LogP contribution in [0.4, 0.5) is 5.69 Å². The van der Waals surface area contributed by atoms with Gasteiger partial charge in [-0.25, -0.2) is 0 Å². The average Bonchev–Trinajstić information content (AvgIpc) is 2.69. The standard InChI is InChI=1S/C20H23N3O3/c24-19(10-14-26-18-6-2-1-3-7-18)23-13-4-5-16(15-23)20(25)22-17-8-11-21-12-9-17/h1-3,6-9,11-12,16H,4-5,10,13-15H2,(H,21,22,25)/t16-/m0/s1. The third-order valence-corrected chi connectivity index (χ3v) is 4.42.